The lowest BCUT2D eigenvalue weighted by Crippen LogP contribution is -2.49. The number of nitrogens with zero attached hydrogens (tertiary/aromatic N) is 9. The van der Waals surface area contributed by atoms with Gasteiger partial charge in [0.1, 0.15) is 36.7 Å². The van der Waals surface area contributed by atoms with Crippen molar-refractivity contribution in [2.75, 3.05) is 50.9 Å². The number of fused-ring (bicyclic) bond motifs is 2. The Kier molecular flexibility index (Phi) is 11.6. The molecule has 0 saturated carbocycles. The summed E-state index contributed by atoms with van der Waals surface area (Å²) in [5.41, 5.74) is 3.84. The molecule has 6 aromatic rings. The number of hydrogen-bond donors (Lipinski definition) is 5. The second-order valence-corrected chi connectivity index (χ2v) is 15.7. The molecule has 0 aliphatic carbocycles. The van der Waals surface area contributed by atoms with Crippen molar-refractivity contribution in [1.82, 2.24) is 49.9 Å². The van der Waals surface area contributed by atoms with Crippen LogP contribution in [0.25, 0.3) is 45.0 Å². The van der Waals surface area contributed by atoms with Crippen LogP contribution < -0.4 is 21.3 Å². The van der Waals surface area contributed by atoms with E-state index in [2.05, 4.69) is 48.1 Å². The van der Waals surface area contributed by atoms with Gasteiger partial charge in [0.25, 0.3) is 11.8 Å². The number of amides is 4. The third-order valence-electron chi connectivity index (χ3n) is 11.3. The van der Waals surface area contributed by atoms with Crippen LogP contribution in [0.3, 0.4) is 0 Å². The van der Waals surface area contributed by atoms with E-state index in [0.29, 0.717) is 72.9 Å². The Morgan fingerprint density at radius 3 is 1.98 bits per heavy atom. The number of likely N-dealkylation sites (tertiary alicyclic amines) is 2. The minimum atomic E-state index is -0.407. The number of carbonyl (C=O) groups excluding carboxylic acids is 4. The van der Waals surface area contributed by atoms with Crippen molar-refractivity contribution in [2.24, 2.45) is 11.8 Å². The molecule has 0 spiro atoms. The molecule has 8 rings (SSSR count). The number of hydrogen-bond acceptors (Lipinski definition) is 14. The van der Waals surface area contributed by atoms with Crippen LogP contribution >= 0.6 is 0 Å². The Hall–Kier alpha value is -7.74. The second kappa shape index (κ2) is 17.5. The monoisotopic (exact) mass is 840 g/mol. The van der Waals surface area contributed by atoms with Gasteiger partial charge in [-0.2, -0.15) is 10.5 Å². The van der Waals surface area contributed by atoms with E-state index in [1.54, 1.807) is 28.4 Å². The summed E-state index contributed by atoms with van der Waals surface area (Å²) in [4.78, 5) is 75.9. The van der Waals surface area contributed by atoms with Gasteiger partial charge in [-0.05, 0) is 36.8 Å². The number of nitrogens with one attached hydrogen (secondary N) is 5. The molecule has 5 N–H and O–H groups in total. The summed E-state index contributed by atoms with van der Waals surface area (Å²) in [6.07, 6.45) is 10.4. The highest BCUT2D eigenvalue weighted by atomic mass is 16.3. The third kappa shape index (κ3) is 8.22. The first-order valence-corrected chi connectivity index (χ1v) is 20.2. The lowest BCUT2D eigenvalue weighted by atomic mass is 9.93. The highest BCUT2D eigenvalue weighted by Gasteiger charge is 2.33. The maximum absolute atomic E-state index is 13.4. The van der Waals surface area contributed by atoms with Crippen molar-refractivity contribution in [1.29, 1.82) is 10.5 Å². The molecule has 4 atom stereocenters. The average molecular weight is 841 g/mol. The van der Waals surface area contributed by atoms with Crippen molar-refractivity contribution in [2.45, 2.75) is 51.2 Å². The highest BCUT2D eigenvalue weighted by Crippen LogP contribution is 2.38. The van der Waals surface area contributed by atoms with Gasteiger partial charge in [-0.1, -0.05) is 6.92 Å². The largest absolute Gasteiger partial charge is 0.443 e. The van der Waals surface area contributed by atoms with Crippen molar-refractivity contribution < 1.29 is 28.0 Å². The van der Waals surface area contributed by atoms with Gasteiger partial charge in [-0.3, -0.25) is 19.2 Å². The fourth-order valence-electron chi connectivity index (χ4n) is 8.54. The van der Waals surface area contributed by atoms with Crippen LogP contribution in [-0.4, -0.2) is 115 Å². The van der Waals surface area contributed by atoms with Gasteiger partial charge in [0.2, 0.25) is 23.6 Å². The fraction of sp³-hybridized carbons (Fsp3) is 0.381. The van der Waals surface area contributed by atoms with Crippen LogP contribution in [0.4, 0.5) is 11.4 Å². The molecule has 20 nitrogen and oxygen atoms in total. The molecule has 6 aromatic heterocycles. The van der Waals surface area contributed by atoms with E-state index >= 15 is 0 Å². The molecule has 0 bridgehead atoms. The third-order valence-corrected chi connectivity index (χ3v) is 11.3. The number of piperidine rings is 2. The summed E-state index contributed by atoms with van der Waals surface area (Å²) < 4.78 is 13.6. The number of aromatic nitrogens is 6. The number of carbonyl (C=O) groups is 4. The van der Waals surface area contributed by atoms with Gasteiger partial charge in [-0.15, -0.1) is 0 Å². The predicted octanol–water partition coefficient (Wildman–Crippen LogP) is 3.75. The maximum Gasteiger partial charge on any atom is 0.272 e. The zero-order valence-electron chi connectivity index (χ0n) is 34.3. The maximum atomic E-state index is 13.4. The van der Waals surface area contributed by atoms with Gasteiger partial charge in [0.05, 0.1) is 34.6 Å². The van der Waals surface area contributed by atoms with Crippen LogP contribution in [0.15, 0.2) is 58.3 Å². The van der Waals surface area contributed by atoms with Crippen molar-refractivity contribution in [3.8, 4) is 35.0 Å². The van der Waals surface area contributed by atoms with E-state index < -0.39 is 11.8 Å². The standard InChI is InChI=1S/C42H44N14O6/c1-23-12-25(19-55(16-23)33(57)4-8-43)50-36-28-7-11-54(38(28)49-15-30(36)42-53-32(22-62-42)40(60)46-3)17-24-13-26(20-56(18-24)34(58)5-9-44)51-35-27-6-10-47-37(27)48-14-29(35)41-52-31(21-61-41)39(59)45-2/h6-7,10-11,14-15,21-26H,4-5,12-13,16-20H2,1-3H3,(H,45,59)(H,46,60)(H,49,50)(H2,47,48,51)/t23-,24-,25+,26-/m0/s1. The van der Waals surface area contributed by atoms with Crippen LogP contribution in [0.1, 0.15) is 53.6 Å². The molecule has 0 radical (unpaired) electrons. The zero-order valence-corrected chi connectivity index (χ0v) is 34.3. The molecule has 2 aliphatic heterocycles. The van der Waals surface area contributed by atoms with Crippen LogP contribution in [0, 0.1) is 34.5 Å². The normalized spacial score (nSPS) is 18.9. The average Bonchev–Trinajstić information content (AvgIpc) is 4.11. The first-order chi connectivity index (χ1) is 30.1. The van der Waals surface area contributed by atoms with Gasteiger partial charge in [0.15, 0.2) is 11.4 Å². The summed E-state index contributed by atoms with van der Waals surface area (Å²) in [5.74, 6) is -0.892. The van der Waals surface area contributed by atoms with E-state index in [9.17, 15) is 29.7 Å². The van der Waals surface area contributed by atoms with Gasteiger partial charge >= 0.3 is 0 Å². The molecule has 8 heterocycles. The molecular formula is C42H44N14O6. The molecule has 62 heavy (non-hydrogen) atoms. The van der Waals surface area contributed by atoms with Crippen LogP contribution in [-0.2, 0) is 16.1 Å². The summed E-state index contributed by atoms with van der Waals surface area (Å²) in [7, 11) is 3.02. The van der Waals surface area contributed by atoms with E-state index in [4.69, 9.17) is 13.8 Å². The molecule has 20 heteroatoms. The molecule has 318 valence electrons. The Balaban J connectivity index is 1.12. The fourth-order valence-corrected chi connectivity index (χ4v) is 8.54. The molecule has 2 aliphatic rings. The number of pyridine rings is 2. The summed E-state index contributed by atoms with van der Waals surface area (Å²) >= 11 is 0. The number of nitriles is 2. The Morgan fingerprint density at radius 2 is 1.37 bits per heavy atom. The summed E-state index contributed by atoms with van der Waals surface area (Å²) in [6.45, 7) is 4.17. The highest BCUT2D eigenvalue weighted by molar-refractivity contribution is 5.99. The molecule has 0 aromatic carbocycles. The first-order valence-electron chi connectivity index (χ1n) is 20.2. The molecule has 4 amide bonds. The van der Waals surface area contributed by atoms with Crippen molar-refractivity contribution in [3.05, 3.63) is 60.8 Å². The smallest absolute Gasteiger partial charge is 0.272 e. The second-order valence-electron chi connectivity index (χ2n) is 15.7. The topological polar surface area (TPSA) is 269 Å². The molecule has 0 unspecified atom stereocenters. The Labute approximate surface area is 354 Å². The Bertz CT molecular complexity index is 2750. The number of H-pyrrole nitrogens is 1. The van der Waals surface area contributed by atoms with E-state index in [1.165, 1.54) is 26.6 Å². The van der Waals surface area contributed by atoms with E-state index in [0.717, 1.165) is 17.2 Å². The summed E-state index contributed by atoms with van der Waals surface area (Å²) in [6, 6.07) is 7.30. The number of anilines is 2. The summed E-state index contributed by atoms with van der Waals surface area (Å²) in [5, 5.41) is 32.7. The number of rotatable bonds is 12. The van der Waals surface area contributed by atoms with Crippen LogP contribution in [0.2, 0.25) is 0 Å². The molecule has 2 fully saturated rings. The van der Waals surface area contributed by atoms with Gasteiger partial charge < -0.3 is 49.5 Å². The number of aromatic amines is 1. The predicted molar refractivity (Wildman–Crippen MR) is 224 cm³/mol. The Morgan fingerprint density at radius 1 is 0.790 bits per heavy atom. The van der Waals surface area contributed by atoms with Gasteiger partial charge in [0, 0.05) is 94.5 Å². The van der Waals surface area contributed by atoms with Gasteiger partial charge in [-0.25, -0.2) is 19.9 Å². The first kappa shape index (κ1) is 41.0. The quantitative estimate of drug-likeness (QED) is 0.118. The van der Waals surface area contributed by atoms with Crippen molar-refractivity contribution in [3.63, 3.8) is 0 Å². The van der Waals surface area contributed by atoms with E-state index in [-0.39, 0.29) is 71.7 Å². The number of oxazole rings is 2. The lowest BCUT2D eigenvalue weighted by molar-refractivity contribution is -0.132. The zero-order chi connectivity index (χ0) is 43.5. The minimum absolute atomic E-state index is 0.104. The van der Waals surface area contributed by atoms with Crippen molar-refractivity contribution >= 4 is 57.1 Å². The van der Waals surface area contributed by atoms with E-state index in [1.807, 2.05) is 35.0 Å². The minimum Gasteiger partial charge on any atom is -0.443 e. The molecule has 2 saturated heterocycles. The SMILES string of the molecule is CNC(=O)c1coc(-c2cnc3[nH]ccc3c2N[C@H]2C[C@@H](Cn3ccc4c(N[C@@H]5C[C@H](C)CN(C(=O)CC#N)C5)c(-c5nc(C(=O)NC)co5)cnc43)CN(C(=O)CC#N)C2)n1. The van der Waals surface area contributed by atoms with Crippen LogP contribution in [0.5, 0.6) is 0 Å². The lowest BCUT2D eigenvalue weighted by Gasteiger charge is -2.39. The molecular weight excluding hydrogens is 797 g/mol.